The molecule has 1 amide bonds. The highest BCUT2D eigenvalue weighted by atomic mass is 32.1. The SMILES string of the molecule is C=CCN(C(=O)CC(c1ccccc1)c1ccccc1)c1nc2c(s1)CCCC2. The van der Waals surface area contributed by atoms with E-state index in [0.29, 0.717) is 13.0 Å². The number of fused-ring (bicyclic) bond motifs is 1. The van der Waals surface area contributed by atoms with Crippen molar-refractivity contribution < 1.29 is 4.79 Å². The fourth-order valence-electron chi connectivity index (χ4n) is 3.95. The van der Waals surface area contributed by atoms with Gasteiger partial charge in [-0.1, -0.05) is 66.7 Å². The highest BCUT2D eigenvalue weighted by molar-refractivity contribution is 7.16. The molecule has 3 nitrogen and oxygen atoms in total. The number of nitrogens with zero attached hydrogens (tertiary/aromatic N) is 2. The maximum atomic E-state index is 13.4. The monoisotopic (exact) mass is 402 g/mol. The minimum absolute atomic E-state index is 0.0202. The Morgan fingerprint density at radius 1 is 1.03 bits per heavy atom. The van der Waals surface area contributed by atoms with E-state index in [0.717, 1.165) is 29.1 Å². The zero-order valence-electron chi connectivity index (χ0n) is 16.6. The Balaban J connectivity index is 1.62. The summed E-state index contributed by atoms with van der Waals surface area (Å²) in [4.78, 5) is 21.4. The standard InChI is InChI=1S/C25H26N2OS/c1-2-17-27(25-26-22-15-9-10-16-23(22)29-25)24(28)18-21(19-11-5-3-6-12-19)20-13-7-4-8-14-20/h2-8,11-14,21H,1,9-10,15-18H2. The van der Waals surface area contributed by atoms with E-state index in [4.69, 9.17) is 4.98 Å². The zero-order valence-corrected chi connectivity index (χ0v) is 17.4. The number of hydrogen-bond donors (Lipinski definition) is 0. The van der Waals surface area contributed by atoms with Crippen molar-refractivity contribution in [2.75, 3.05) is 11.4 Å². The number of thiazole rings is 1. The first kappa shape index (κ1) is 19.6. The predicted octanol–water partition coefficient (Wildman–Crippen LogP) is 5.76. The van der Waals surface area contributed by atoms with E-state index in [1.807, 2.05) is 41.3 Å². The molecule has 0 bridgehead atoms. The number of aryl methyl sites for hydroxylation is 2. The number of carbonyl (C=O) groups excluding carboxylic acids is 1. The Morgan fingerprint density at radius 3 is 2.24 bits per heavy atom. The van der Waals surface area contributed by atoms with Gasteiger partial charge in [0.05, 0.1) is 5.69 Å². The minimum atomic E-state index is 0.0202. The molecule has 2 aromatic carbocycles. The van der Waals surface area contributed by atoms with Crippen LogP contribution in [-0.2, 0) is 17.6 Å². The lowest BCUT2D eigenvalue weighted by Gasteiger charge is -2.23. The molecule has 0 saturated heterocycles. The molecule has 1 aliphatic carbocycles. The van der Waals surface area contributed by atoms with Crippen LogP contribution in [-0.4, -0.2) is 17.4 Å². The van der Waals surface area contributed by atoms with Gasteiger partial charge in [-0.2, -0.15) is 0 Å². The summed E-state index contributed by atoms with van der Waals surface area (Å²) in [5, 5.41) is 0.821. The van der Waals surface area contributed by atoms with E-state index in [1.165, 1.54) is 23.4 Å². The Morgan fingerprint density at radius 2 is 1.66 bits per heavy atom. The summed E-state index contributed by atoms with van der Waals surface area (Å²) in [5.41, 5.74) is 3.49. The van der Waals surface area contributed by atoms with E-state index in [1.54, 1.807) is 17.4 Å². The lowest BCUT2D eigenvalue weighted by Crippen LogP contribution is -2.32. The second kappa shape index (κ2) is 9.19. The highest BCUT2D eigenvalue weighted by Crippen LogP contribution is 2.34. The molecule has 0 radical (unpaired) electrons. The fourth-order valence-corrected chi connectivity index (χ4v) is 5.13. The number of hydrogen-bond acceptors (Lipinski definition) is 3. The topological polar surface area (TPSA) is 33.2 Å². The fraction of sp³-hybridized carbons (Fsp3) is 0.280. The average Bonchev–Trinajstić information content (AvgIpc) is 3.20. The molecule has 29 heavy (non-hydrogen) atoms. The number of anilines is 1. The van der Waals surface area contributed by atoms with Gasteiger partial charge in [-0.25, -0.2) is 4.98 Å². The maximum Gasteiger partial charge on any atom is 0.230 e. The van der Waals surface area contributed by atoms with Gasteiger partial charge in [-0.3, -0.25) is 9.69 Å². The van der Waals surface area contributed by atoms with Crippen molar-refractivity contribution in [2.45, 2.75) is 38.0 Å². The summed E-state index contributed by atoms with van der Waals surface area (Å²) in [5.74, 6) is 0.112. The number of amides is 1. The smallest absolute Gasteiger partial charge is 0.230 e. The molecule has 0 spiro atoms. The van der Waals surface area contributed by atoms with Crippen LogP contribution in [0.5, 0.6) is 0 Å². The van der Waals surface area contributed by atoms with E-state index in [2.05, 4.69) is 30.8 Å². The summed E-state index contributed by atoms with van der Waals surface area (Å²) in [6.07, 6.45) is 6.71. The Hall–Kier alpha value is -2.72. The summed E-state index contributed by atoms with van der Waals surface area (Å²) < 4.78 is 0. The molecular weight excluding hydrogens is 376 g/mol. The van der Waals surface area contributed by atoms with Crippen LogP contribution < -0.4 is 4.90 Å². The Labute approximate surface area is 176 Å². The molecule has 0 fully saturated rings. The van der Waals surface area contributed by atoms with Crippen LogP contribution >= 0.6 is 11.3 Å². The second-order valence-electron chi connectivity index (χ2n) is 7.44. The minimum Gasteiger partial charge on any atom is -0.284 e. The summed E-state index contributed by atoms with van der Waals surface area (Å²) in [6.45, 7) is 4.36. The van der Waals surface area contributed by atoms with Crippen LogP contribution in [0.3, 0.4) is 0 Å². The lowest BCUT2D eigenvalue weighted by molar-refractivity contribution is -0.118. The van der Waals surface area contributed by atoms with Gasteiger partial charge in [0.2, 0.25) is 5.91 Å². The second-order valence-corrected chi connectivity index (χ2v) is 8.51. The molecule has 0 saturated carbocycles. The van der Waals surface area contributed by atoms with Gasteiger partial charge in [-0.15, -0.1) is 17.9 Å². The molecule has 3 aromatic rings. The van der Waals surface area contributed by atoms with Crippen molar-refractivity contribution in [1.29, 1.82) is 0 Å². The van der Waals surface area contributed by atoms with Crippen molar-refractivity contribution in [3.63, 3.8) is 0 Å². The number of aromatic nitrogens is 1. The van der Waals surface area contributed by atoms with Crippen molar-refractivity contribution >= 4 is 22.4 Å². The molecule has 0 unspecified atom stereocenters. The molecule has 0 aliphatic heterocycles. The molecular formula is C25H26N2OS. The van der Waals surface area contributed by atoms with Crippen molar-refractivity contribution in [3.8, 4) is 0 Å². The van der Waals surface area contributed by atoms with Crippen LogP contribution in [0.25, 0.3) is 0 Å². The van der Waals surface area contributed by atoms with Gasteiger partial charge in [0.15, 0.2) is 5.13 Å². The van der Waals surface area contributed by atoms with E-state index < -0.39 is 0 Å². The first-order valence-corrected chi connectivity index (χ1v) is 11.1. The van der Waals surface area contributed by atoms with Crippen LogP contribution in [0.1, 0.15) is 46.9 Å². The molecule has 0 atom stereocenters. The quantitative estimate of drug-likeness (QED) is 0.471. The van der Waals surface area contributed by atoms with Crippen LogP contribution in [0.15, 0.2) is 73.3 Å². The molecule has 148 valence electrons. The van der Waals surface area contributed by atoms with E-state index >= 15 is 0 Å². The van der Waals surface area contributed by atoms with Crippen molar-refractivity contribution in [1.82, 2.24) is 4.98 Å². The number of rotatable bonds is 7. The molecule has 4 rings (SSSR count). The molecule has 0 N–H and O–H groups in total. The van der Waals surface area contributed by atoms with Gasteiger partial charge in [0, 0.05) is 23.8 Å². The third kappa shape index (κ3) is 4.48. The molecule has 1 aromatic heterocycles. The van der Waals surface area contributed by atoms with Gasteiger partial charge >= 0.3 is 0 Å². The van der Waals surface area contributed by atoms with E-state index in [9.17, 15) is 4.79 Å². The number of carbonyl (C=O) groups is 1. The molecule has 1 aliphatic rings. The van der Waals surface area contributed by atoms with E-state index in [-0.39, 0.29) is 11.8 Å². The summed E-state index contributed by atoms with van der Waals surface area (Å²) in [6, 6.07) is 20.6. The lowest BCUT2D eigenvalue weighted by atomic mass is 9.88. The van der Waals surface area contributed by atoms with Crippen LogP contribution in [0.2, 0.25) is 0 Å². The Kier molecular flexibility index (Phi) is 6.20. The average molecular weight is 403 g/mol. The van der Waals surface area contributed by atoms with Crippen LogP contribution in [0.4, 0.5) is 5.13 Å². The zero-order chi connectivity index (χ0) is 20.1. The number of benzene rings is 2. The normalized spacial score (nSPS) is 13.1. The summed E-state index contributed by atoms with van der Waals surface area (Å²) in [7, 11) is 0. The highest BCUT2D eigenvalue weighted by Gasteiger charge is 2.26. The first-order valence-electron chi connectivity index (χ1n) is 10.3. The third-order valence-corrected chi connectivity index (χ3v) is 6.64. The van der Waals surface area contributed by atoms with Gasteiger partial charge in [0.25, 0.3) is 0 Å². The molecule has 1 heterocycles. The van der Waals surface area contributed by atoms with Gasteiger partial charge < -0.3 is 0 Å². The van der Waals surface area contributed by atoms with Crippen molar-refractivity contribution in [3.05, 3.63) is 95.0 Å². The predicted molar refractivity (Wildman–Crippen MR) is 121 cm³/mol. The molecule has 4 heteroatoms. The van der Waals surface area contributed by atoms with Gasteiger partial charge in [-0.05, 0) is 36.8 Å². The Bertz CT molecular complexity index is 902. The van der Waals surface area contributed by atoms with Gasteiger partial charge in [0.1, 0.15) is 0 Å². The van der Waals surface area contributed by atoms with Crippen molar-refractivity contribution in [2.24, 2.45) is 0 Å². The first-order chi connectivity index (χ1) is 14.3. The maximum absolute atomic E-state index is 13.4. The largest absolute Gasteiger partial charge is 0.284 e. The summed E-state index contributed by atoms with van der Waals surface area (Å²) >= 11 is 1.68. The third-order valence-electron chi connectivity index (χ3n) is 5.46. The van der Waals surface area contributed by atoms with Crippen LogP contribution in [0, 0.1) is 0 Å².